The summed E-state index contributed by atoms with van der Waals surface area (Å²) in [5.41, 5.74) is 1.18. The number of aliphatic hydroxyl groups is 1. The van der Waals surface area contributed by atoms with E-state index in [2.05, 4.69) is 6.92 Å². The van der Waals surface area contributed by atoms with E-state index in [1.165, 1.54) is 4.90 Å². The number of likely N-dealkylation sites (tertiary alicyclic amines) is 1. The van der Waals surface area contributed by atoms with Gasteiger partial charge in [-0.05, 0) is 54.8 Å². The normalized spacial score (nSPS) is 17.5. The zero-order valence-electron chi connectivity index (χ0n) is 19.1. The van der Waals surface area contributed by atoms with Gasteiger partial charge in [0, 0.05) is 30.8 Å². The molecular formula is C26H30ClNO5. The van der Waals surface area contributed by atoms with Crippen LogP contribution in [0.5, 0.6) is 5.75 Å². The summed E-state index contributed by atoms with van der Waals surface area (Å²) in [5.74, 6) is -0.906. The summed E-state index contributed by atoms with van der Waals surface area (Å²) in [7, 11) is 1.59. The second-order valence-corrected chi connectivity index (χ2v) is 8.41. The minimum Gasteiger partial charge on any atom is -0.507 e. The third kappa shape index (κ3) is 5.95. The van der Waals surface area contributed by atoms with E-state index >= 15 is 0 Å². The Bertz CT molecular complexity index is 1000. The highest BCUT2D eigenvalue weighted by Gasteiger charge is 2.45. The number of ketones is 1. The van der Waals surface area contributed by atoms with Crippen molar-refractivity contribution in [2.24, 2.45) is 0 Å². The molecule has 1 fully saturated rings. The van der Waals surface area contributed by atoms with Gasteiger partial charge in [-0.25, -0.2) is 0 Å². The summed E-state index contributed by atoms with van der Waals surface area (Å²) in [6.45, 7) is 3.50. The molecule has 0 bridgehead atoms. The van der Waals surface area contributed by atoms with Crippen LogP contribution in [0.3, 0.4) is 0 Å². The van der Waals surface area contributed by atoms with Crippen molar-refractivity contribution in [1.82, 2.24) is 4.90 Å². The van der Waals surface area contributed by atoms with Crippen LogP contribution in [0.15, 0.2) is 54.1 Å². The van der Waals surface area contributed by atoms with Crippen LogP contribution in [0.2, 0.25) is 5.02 Å². The van der Waals surface area contributed by atoms with Crippen LogP contribution in [-0.2, 0) is 14.3 Å². The first-order valence-corrected chi connectivity index (χ1v) is 11.6. The Labute approximate surface area is 199 Å². The molecule has 1 amide bonds. The van der Waals surface area contributed by atoms with E-state index in [-0.39, 0.29) is 11.3 Å². The SMILES string of the molecule is CCCCCOc1cccc(C2/C(=C(\O)c3ccc(Cl)cc3)C(=O)C(=O)N2CCCOC)c1. The number of ether oxygens (including phenoxy) is 2. The summed E-state index contributed by atoms with van der Waals surface area (Å²) in [4.78, 5) is 27.5. The molecule has 176 valence electrons. The molecule has 1 heterocycles. The van der Waals surface area contributed by atoms with Crippen molar-refractivity contribution in [2.45, 2.75) is 38.6 Å². The monoisotopic (exact) mass is 471 g/mol. The predicted octanol–water partition coefficient (Wildman–Crippen LogP) is 5.37. The van der Waals surface area contributed by atoms with Crippen molar-refractivity contribution in [2.75, 3.05) is 26.9 Å². The Morgan fingerprint density at radius 2 is 1.82 bits per heavy atom. The first-order chi connectivity index (χ1) is 16.0. The summed E-state index contributed by atoms with van der Waals surface area (Å²) < 4.78 is 11.0. The lowest BCUT2D eigenvalue weighted by Crippen LogP contribution is -2.31. The molecule has 1 aliphatic rings. The summed E-state index contributed by atoms with van der Waals surface area (Å²) in [6, 6.07) is 13.1. The number of unbranched alkanes of at least 4 members (excludes halogenated alkanes) is 2. The number of rotatable bonds is 11. The number of hydrogen-bond donors (Lipinski definition) is 1. The van der Waals surface area contributed by atoms with E-state index in [9.17, 15) is 14.7 Å². The van der Waals surface area contributed by atoms with Gasteiger partial charge in [-0.15, -0.1) is 0 Å². The minimum absolute atomic E-state index is 0.0582. The molecule has 7 heteroatoms. The Kier molecular flexibility index (Phi) is 8.92. The van der Waals surface area contributed by atoms with Gasteiger partial charge in [0.15, 0.2) is 0 Å². The van der Waals surface area contributed by atoms with Gasteiger partial charge >= 0.3 is 0 Å². The Morgan fingerprint density at radius 3 is 2.52 bits per heavy atom. The quantitative estimate of drug-likeness (QED) is 0.206. The van der Waals surface area contributed by atoms with Crippen LogP contribution in [0.4, 0.5) is 0 Å². The molecule has 1 unspecified atom stereocenters. The maximum atomic E-state index is 13.0. The van der Waals surface area contributed by atoms with E-state index in [4.69, 9.17) is 21.1 Å². The van der Waals surface area contributed by atoms with Crippen LogP contribution < -0.4 is 4.74 Å². The second-order valence-electron chi connectivity index (χ2n) is 7.97. The lowest BCUT2D eigenvalue weighted by atomic mass is 9.95. The molecule has 0 aromatic heterocycles. The van der Waals surface area contributed by atoms with E-state index in [1.54, 1.807) is 31.4 Å². The Balaban J connectivity index is 2.01. The predicted molar refractivity (Wildman–Crippen MR) is 128 cm³/mol. The maximum Gasteiger partial charge on any atom is 0.295 e. The largest absolute Gasteiger partial charge is 0.507 e. The third-order valence-electron chi connectivity index (χ3n) is 5.60. The van der Waals surface area contributed by atoms with Crippen molar-refractivity contribution in [3.63, 3.8) is 0 Å². The molecule has 2 aromatic rings. The molecule has 33 heavy (non-hydrogen) atoms. The number of nitrogens with zero attached hydrogens (tertiary/aromatic N) is 1. The molecular weight excluding hydrogens is 442 g/mol. The van der Waals surface area contributed by atoms with E-state index in [1.807, 2.05) is 24.3 Å². The molecule has 1 aliphatic heterocycles. The maximum absolute atomic E-state index is 13.0. The number of carbonyl (C=O) groups is 2. The van der Waals surface area contributed by atoms with Crippen molar-refractivity contribution in [3.8, 4) is 5.75 Å². The zero-order chi connectivity index (χ0) is 23.8. The summed E-state index contributed by atoms with van der Waals surface area (Å²) in [5, 5.41) is 11.6. The average Bonchev–Trinajstić information content (AvgIpc) is 3.07. The van der Waals surface area contributed by atoms with Gasteiger partial charge in [0.1, 0.15) is 11.5 Å². The van der Waals surface area contributed by atoms with Gasteiger partial charge in [-0.1, -0.05) is 43.5 Å². The highest BCUT2D eigenvalue weighted by atomic mass is 35.5. The molecule has 6 nitrogen and oxygen atoms in total. The van der Waals surface area contributed by atoms with Crippen molar-refractivity contribution < 1.29 is 24.2 Å². The number of Topliss-reactive ketones (excluding diaryl/α,β-unsaturated/α-hetero) is 1. The fourth-order valence-electron chi connectivity index (χ4n) is 3.92. The second kappa shape index (κ2) is 11.9. The van der Waals surface area contributed by atoms with E-state index < -0.39 is 17.7 Å². The highest BCUT2D eigenvalue weighted by Crippen LogP contribution is 2.40. The molecule has 1 saturated heterocycles. The molecule has 0 spiro atoms. The minimum atomic E-state index is -0.725. The lowest BCUT2D eigenvalue weighted by molar-refractivity contribution is -0.140. The van der Waals surface area contributed by atoms with Gasteiger partial charge < -0.3 is 19.5 Å². The highest BCUT2D eigenvalue weighted by molar-refractivity contribution is 6.46. The third-order valence-corrected chi connectivity index (χ3v) is 5.85. The van der Waals surface area contributed by atoms with E-state index in [0.29, 0.717) is 48.1 Å². The standard InChI is InChI=1S/C26H30ClNO5/c1-3-4-5-16-33-21-9-6-8-19(17-21)23-22(24(29)18-10-12-20(27)13-11-18)25(30)26(31)28(23)14-7-15-32-2/h6,8-13,17,23,29H,3-5,7,14-16H2,1-2H3/b24-22+. The number of amides is 1. The smallest absolute Gasteiger partial charge is 0.295 e. The number of hydrogen-bond acceptors (Lipinski definition) is 5. The van der Waals surface area contributed by atoms with Crippen LogP contribution in [0, 0.1) is 0 Å². The number of halogens is 1. The van der Waals surface area contributed by atoms with Crippen LogP contribution in [-0.4, -0.2) is 48.6 Å². The van der Waals surface area contributed by atoms with Gasteiger partial charge in [0.05, 0.1) is 18.2 Å². The van der Waals surface area contributed by atoms with Crippen LogP contribution in [0.1, 0.15) is 49.8 Å². The van der Waals surface area contributed by atoms with Crippen molar-refractivity contribution in [3.05, 3.63) is 70.3 Å². The molecule has 0 radical (unpaired) electrons. The number of methoxy groups -OCH3 is 1. The van der Waals surface area contributed by atoms with Gasteiger partial charge in [-0.3, -0.25) is 9.59 Å². The Hall–Kier alpha value is -2.83. The first-order valence-electron chi connectivity index (χ1n) is 11.2. The molecule has 1 atom stereocenters. The molecule has 1 N–H and O–H groups in total. The van der Waals surface area contributed by atoms with Gasteiger partial charge in [0.2, 0.25) is 0 Å². The molecule has 0 saturated carbocycles. The fraction of sp³-hybridized carbons (Fsp3) is 0.385. The fourth-order valence-corrected chi connectivity index (χ4v) is 4.04. The lowest BCUT2D eigenvalue weighted by Gasteiger charge is -2.25. The number of aliphatic hydroxyl groups excluding tert-OH is 1. The topological polar surface area (TPSA) is 76.1 Å². The number of carbonyl (C=O) groups excluding carboxylic acids is 2. The van der Waals surface area contributed by atoms with Crippen LogP contribution >= 0.6 is 11.6 Å². The summed E-state index contributed by atoms with van der Waals surface area (Å²) >= 11 is 5.97. The molecule has 2 aromatic carbocycles. The average molecular weight is 472 g/mol. The summed E-state index contributed by atoms with van der Waals surface area (Å²) in [6.07, 6.45) is 3.70. The molecule has 3 rings (SSSR count). The van der Waals surface area contributed by atoms with Crippen LogP contribution in [0.25, 0.3) is 5.76 Å². The number of benzene rings is 2. The molecule has 0 aliphatic carbocycles. The van der Waals surface area contributed by atoms with Gasteiger partial charge in [0.25, 0.3) is 11.7 Å². The van der Waals surface area contributed by atoms with E-state index in [0.717, 1.165) is 19.3 Å². The Morgan fingerprint density at radius 1 is 1.06 bits per heavy atom. The van der Waals surface area contributed by atoms with Crippen molar-refractivity contribution in [1.29, 1.82) is 0 Å². The zero-order valence-corrected chi connectivity index (χ0v) is 19.8. The van der Waals surface area contributed by atoms with Crippen molar-refractivity contribution >= 4 is 29.1 Å². The van der Waals surface area contributed by atoms with Gasteiger partial charge in [-0.2, -0.15) is 0 Å². The first kappa shape index (κ1) is 24.8.